The Labute approximate surface area is 199 Å². The molecule has 8 heteroatoms. The largest absolute Gasteiger partial charge is 0.464 e. The van der Waals surface area contributed by atoms with Crippen LogP contribution in [0.15, 0.2) is 74.9 Å². The van der Waals surface area contributed by atoms with Crippen LogP contribution in [-0.2, 0) is 19.1 Å². The van der Waals surface area contributed by atoms with Crippen molar-refractivity contribution in [2.45, 2.75) is 32.8 Å². The van der Waals surface area contributed by atoms with Crippen molar-refractivity contribution in [3.8, 4) is 0 Å². The summed E-state index contributed by atoms with van der Waals surface area (Å²) in [6.07, 6.45) is 6.42. The molecule has 5 aliphatic rings. The number of carbonyl (C=O) groups is 2. The maximum Gasteiger partial charge on any atom is 0.230 e. The van der Waals surface area contributed by atoms with Gasteiger partial charge in [-0.05, 0) is 35.8 Å². The fraction of sp³-hybridized carbons (Fsp3) is 0.385. The Morgan fingerprint density at radius 3 is 2.88 bits per heavy atom. The van der Waals surface area contributed by atoms with Gasteiger partial charge in [0.15, 0.2) is 11.5 Å². The van der Waals surface area contributed by atoms with Crippen molar-refractivity contribution in [1.82, 2.24) is 0 Å². The third kappa shape index (κ3) is 2.61. The van der Waals surface area contributed by atoms with Crippen LogP contribution in [0.2, 0.25) is 0 Å². The van der Waals surface area contributed by atoms with Gasteiger partial charge in [0, 0.05) is 34.5 Å². The zero-order chi connectivity index (χ0) is 23.8. The van der Waals surface area contributed by atoms with Crippen LogP contribution in [0.5, 0.6) is 0 Å². The molecule has 0 radical (unpaired) electrons. The second-order valence-corrected chi connectivity index (χ2v) is 10.4. The molecule has 0 amide bonds. The molecule has 0 fully saturated rings. The molecule has 6 rings (SSSR count). The molecule has 0 unspecified atom stereocenters. The Balaban J connectivity index is 1.69. The summed E-state index contributed by atoms with van der Waals surface area (Å²) in [6.45, 7) is 3.78. The lowest BCUT2D eigenvalue weighted by Gasteiger charge is -2.55. The standard InChI is InChI=1S/C26H23FO6S/c1-13-6-17-18(28)8-16-14-7-21-23(33-12-32-21)22(14)15(20-4-3-5-31-20)9-26(16,24(30)34-11-27)25(17,2)10-19(13)29/h3-6,8-9,13,19,29H,7,10-12H2,1-2H3/t13-,19-,25-,26-/m0/s1. The number of aliphatic hydroxyl groups is 1. The molecular formula is C26H23FO6S. The molecule has 0 saturated carbocycles. The molecule has 1 aromatic heterocycles. The first-order chi connectivity index (χ1) is 16.3. The minimum Gasteiger partial charge on any atom is -0.464 e. The second-order valence-electron chi connectivity index (χ2n) is 9.54. The van der Waals surface area contributed by atoms with Gasteiger partial charge in [-0.1, -0.05) is 37.8 Å². The van der Waals surface area contributed by atoms with Gasteiger partial charge in [-0.15, -0.1) is 0 Å². The Kier molecular flexibility index (Phi) is 4.67. The van der Waals surface area contributed by atoms with Gasteiger partial charge < -0.3 is 19.0 Å². The number of halogens is 1. The van der Waals surface area contributed by atoms with Gasteiger partial charge in [0.2, 0.25) is 11.9 Å². The van der Waals surface area contributed by atoms with Crippen LogP contribution in [0, 0.1) is 16.7 Å². The number of aliphatic hydroxyl groups excluding tert-OH is 1. The van der Waals surface area contributed by atoms with E-state index in [0.29, 0.717) is 52.2 Å². The highest BCUT2D eigenvalue weighted by atomic mass is 32.2. The van der Waals surface area contributed by atoms with Gasteiger partial charge >= 0.3 is 0 Å². The molecule has 4 aliphatic carbocycles. The predicted octanol–water partition coefficient (Wildman–Crippen LogP) is 4.61. The second kappa shape index (κ2) is 7.33. The van der Waals surface area contributed by atoms with Gasteiger partial charge in [-0.3, -0.25) is 9.59 Å². The summed E-state index contributed by atoms with van der Waals surface area (Å²) in [4.78, 5) is 27.4. The zero-order valence-corrected chi connectivity index (χ0v) is 19.5. The van der Waals surface area contributed by atoms with E-state index in [9.17, 15) is 19.1 Å². The van der Waals surface area contributed by atoms with Crippen molar-refractivity contribution in [2.75, 3.05) is 12.8 Å². The molecule has 1 aromatic rings. The SMILES string of the molecule is C[C@H]1C=C2C(=O)C=C3C4=C(C(c5ccco5)=C[C@]3(C(=O)SCF)[C@@]2(C)C[C@@H]1O)C1=C(C4)OCO1. The van der Waals surface area contributed by atoms with E-state index in [-0.39, 0.29) is 24.9 Å². The Bertz CT molecular complexity index is 1280. The highest BCUT2D eigenvalue weighted by molar-refractivity contribution is 8.13. The van der Waals surface area contributed by atoms with Crippen LogP contribution in [0.4, 0.5) is 4.39 Å². The Morgan fingerprint density at radius 1 is 1.32 bits per heavy atom. The molecule has 4 atom stereocenters. The van der Waals surface area contributed by atoms with Gasteiger partial charge in [0.05, 0.1) is 17.8 Å². The molecule has 0 saturated heterocycles. The number of ether oxygens (including phenoxy) is 2. The third-order valence-corrected chi connectivity index (χ3v) is 8.58. The minimum absolute atomic E-state index is 0.0985. The van der Waals surface area contributed by atoms with E-state index in [4.69, 9.17) is 13.9 Å². The van der Waals surface area contributed by atoms with E-state index in [1.54, 1.807) is 24.5 Å². The summed E-state index contributed by atoms with van der Waals surface area (Å²) in [5.74, 6) is 1.31. The number of thioether (sulfide) groups is 1. The lowest BCUT2D eigenvalue weighted by molar-refractivity contribution is -0.124. The third-order valence-electron chi connectivity index (χ3n) is 7.89. The van der Waals surface area contributed by atoms with Gasteiger partial charge in [0.25, 0.3) is 0 Å². The highest BCUT2D eigenvalue weighted by Gasteiger charge is 2.64. The number of hydrogen-bond donors (Lipinski definition) is 1. The van der Waals surface area contributed by atoms with E-state index in [1.807, 2.05) is 19.9 Å². The first kappa shape index (κ1) is 21.7. The molecule has 2 heterocycles. The maximum atomic E-state index is 13.9. The van der Waals surface area contributed by atoms with Crippen LogP contribution < -0.4 is 0 Å². The van der Waals surface area contributed by atoms with Crippen LogP contribution in [0.3, 0.4) is 0 Å². The number of furan rings is 1. The molecule has 176 valence electrons. The monoisotopic (exact) mass is 482 g/mol. The van der Waals surface area contributed by atoms with Crippen molar-refractivity contribution in [3.05, 3.63) is 76.2 Å². The van der Waals surface area contributed by atoms with Gasteiger partial charge in [-0.2, -0.15) is 0 Å². The van der Waals surface area contributed by atoms with E-state index in [0.717, 1.165) is 11.1 Å². The average Bonchev–Trinajstić information content (AvgIpc) is 3.53. The van der Waals surface area contributed by atoms with Crippen molar-refractivity contribution < 1.29 is 33.0 Å². The number of rotatable bonds is 3. The van der Waals surface area contributed by atoms with Crippen LogP contribution in [-0.4, -0.2) is 34.9 Å². The Morgan fingerprint density at radius 2 is 2.15 bits per heavy atom. The zero-order valence-electron chi connectivity index (χ0n) is 18.7. The van der Waals surface area contributed by atoms with E-state index < -0.39 is 28.1 Å². The fourth-order valence-corrected chi connectivity index (χ4v) is 6.92. The number of alkyl halides is 1. The van der Waals surface area contributed by atoms with E-state index in [1.165, 1.54) is 6.08 Å². The molecular weight excluding hydrogens is 459 g/mol. The molecule has 34 heavy (non-hydrogen) atoms. The summed E-state index contributed by atoms with van der Waals surface area (Å²) in [5, 5.41) is 10.5. The average molecular weight is 483 g/mol. The molecule has 1 N–H and O–H groups in total. The van der Waals surface area contributed by atoms with Crippen molar-refractivity contribution in [2.24, 2.45) is 16.7 Å². The number of allylic oxidation sites excluding steroid dienone is 6. The van der Waals surface area contributed by atoms with Crippen LogP contribution in [0.25, 0.3) is 5.57 Å². The van der Waals surface area contributed by atoms with E-state index >= 15 is 0 Å². The van der Waals surface area contributed by atoms with Gasteiger partial charge in [0.1, 0.15) is 17.5 Å². The van der Waals surface area contributed by atoms with Crippen molar-refractivity contribution >= 4 is 28.2 Å². The van der Waals surface area contributed by atoms with Crippen LogP contribution >= 0.6 is 11.8 Å². The lowest BCUT2D eigenvalue weighted by Crippen LogP contribution is -2.55. The maximum absolute atomic E-state index is 13.9. The number of ketones is 1. The van der Waals surface area contributed by atoms with Crippen molar-refractivity contribution in [3.63, 3.8) is 0 Å². The normalized spacial score (nSPS) is 33.8. The number of carbonyl (C=O) groups excluding carboxylic acids is 2. The summed E-state index contributed by atoms with van der Waals surface area (Å²) in [7, 11) is 0. The van der Waals surface area contributed by atoms with Crippen molar-refractivity contribution in [1.29, 1.82) is 0 Å². The first-order valence-electron chi connectivity index (χ1n) is 11.2. The molecule has 0 bridgehead atoms. The fourth-order valence-electron chi connectivity index (χ4n) is 6.20. The number of hydrogen-bond acceptors (Lipinski definition) is 7. The Hall–Kier alpha value is -2.84. The molecule has 0 aromatic carbocycles. The lowest BCUT2D eigenvalue weighted by atomic mass is 9.47. The highest BCUT2D eigenvalue weighted by Crippen LogP contribution is 2.67. The topological polar surface area (TPSA) is 86.0 Å². The minimum atomic E-state index is -1.38. The summed E-state index contributed by atoms with van der Waals surface area (Å²) >= 11 is 0.586. The van der Waals surface area contributed by atoms with Crippen LogP contribution in [0.1, 0.15) is 32.4 Å². The molecule has 0 spiro atoms. The molecule has 1 aliphatic heterocycles. The van der Waals surface area contributed by atoms with Gasteiger partial charge in [-0.25, -0.2) is 4.39 Å². The smallest absolute Gasteiger partial charge is 0.230 e. The number of fused-ring (bicyclic) bond motifs is 5. The predicted molar refractivity (Wildman–Crippen MR) is 122 cm³/mol. The summed E-state index contributed by atoms with van der Waals surface area (Å²) in [5.41, 5.74) is 0.659. The summed E-state index contributed by atoms with van der Waals surface area (Å²) in [6, 6.07) is 2.66. The molecule has 6 nitrogen and oxygen atoms in total. The summed E-state index contributed by atoms with van der Waals surface area (Å²) < 4.78 is 30.9. The van der Waals surface area contributed by atoms with E-state index in [2.05, 4.69) is 0 Å². The first-order valence-corrected chi connectivity index (χ1v) is 12.2. The quantitative estimate of drug-likeness (QED) is 0.673.